The van der Waals surface area contributed by atoms with Gasteiger partial charge < -0.3 is 15.5 Å². The van der Waals surface area contributed by atoms with Gasteiger partial charge in [0.15, 0.2) is 5.96 Å². The molecule has 1 aromatic carbocycles. The number of carbonyl (C=O) groups excluding carboxylic acids is 1. The minimum absolute atomic E-state index is 0.0963. The van der Waals surface area contributed by atoms with Crippen molar-refractivity contribution >= 4 is 17.6 Å². The van der Waals surface area contributed by atoms with Gasteiger partial charge in [0, 0.05) is 30.9 Å². The molecular formula is C17H22N4O. The third-order valence-electron chi connectivity index (χ3n) is 3.43. The fraction of sp³-hybridized carbons (Fsp3) is 0.412. The second-order valence-corrected chi connectivity index (χ2v) is 5.14. The van der Waals surface area contributed by atoms with Gasteiger partial charge in [-0.2, -0.15) is 0 Å². The van der Waals surface area contributed by atoms with Crippen molar-refractivity contribution in [2.24, 2.45) is 4.99 Å². The van der Waals surface area contributed by atoms with E-state index in [-0.39, 0.29) is 12.5 Å². The highest BCUT2D eigenvalue weighted by Gasteiger charge is 2.15. The molecule has 5 nitrogen and oxygen atoms in total. The molecule has 116 valence electrons. The van der Waals surface area contributed by atoms with Gasteiger partial charge in [-0.15, -0.1) is 6.42 Å². The van der Waals surface area contributed by atoms with Crippen LogP contribution in [-0.2, 0) is 4.79 Å². The predicted molar refractivity (Wildman–Crippen MR) is 89.8 cm³/mol. The van der Waals surface area contributed by atoms with E-state index in [1.54, 1.807) is 6.07 Å². The zero-order valence-corrected chi connectivity index (χ0v) is 12.9. The molecule has 5 heteroatoms. The lowest BCUT2D eigenvalue weighted by molar-refractivity contribution is -0.114. The largest absolute Gasteiger partial charge is 0.357 e. The summed E-state index contributed by atoms with van der Waals surface area (Å²) in [7, 11) is 0. The summed E-state index contributed by atoms with van der Waals surface area (Å²) in [5.41, 5.74) is 1.44. The van der Waals surface area contributed by atoms with Gasteiger partial charge in [-0.25, -0.2) is 4.99 Å². The number of amides is 1. The van der Waals surface area contributed by atoms with E-state index >= 15 is 0 Å². The zero-order chi connectivity index (χ0) is 15.8. The Morgan fingerprint density at radius 3 is 2.86 bits per heavy atom. The molecule has 1 heterocycles. The number of nitrogens with zero attached hydrogens (tertiary/aromatic N) is 2. The van der Waals surface area contributed by atoms with Crippen molar-refractivity contribution in [3.05, 3.63) is 29.8 Å². The molecule has 0 bridgehead atoms. The standard InChI is InChI=1S/C17H22N4O/c1-3-14-8-7-9-15(12-14)20-16(22)13-19-17(18-4-2)21-10-5-6-11-21/h1,7-9,12H,4-6,10-11,13H2,2H3,(H,18,19)(H,20,22). The summed E-state index contributed by atoms with van der Waals surface area (Å²) < 4.78 is 0. The number of guanidine groups is 1. The molecule has 0 aromatic heterocycles. The van der Waals surface area contributed by atoms with Gasteiger partial charge in [-0.3, -0.25) is 4.79 Å². The molecule has 2 rings (SSSR count). The minimum Gasteiger partial charge on any atom is -0.357 e. The molecule has 0 atom stereocenters. The van der Waals surface area contributed by atoms with Crippen LogP contribution in [0, 0.1) is 12.3 Å². The van der Waals surface area contributed by atoms with E-state index in [9.17, 15) is 4.79 Å². The molecule has 2 N–H and O–H groups in total. The first-order valence-corrected chi connectivity index (χ1v) is 7.62. The van der Waals surface area contributed by atoms with E-state index in [1.165, 1.54) is 12.8 Å². The van der Waals surface area contributed by atoms with E-state index < -0.39 is 0 Å². The molecule has 0 spiro atoms. The van der Waals surface area contributed by atoms with Crippen molar-refractivity contribution in [1.82, 2.24) is 10.2 Å². The van der Waals surface area contributed by atoms with Gasteiger partial charge in [-0.05, 0) is 38.0 Å². The summed E-state index contributed by atoms with van der Waals surface area (Å²) in [6.07, 6.45) is 7.70. The van der Waals surface area contributed by atoms with E-state index in [2.05, 4.69) is 26.4 Å². The maximum absolute atomic E-state index is 12.0. The summed E-state index contributed by atoms with van der Waals surface area (Å²) in [5, 5.41) is 6.05. The first kappa shape index (κ1) is 15.9. The highest BCUT2D eigenvalue weighted by molar-refractivity contribution is 5.94. The Morgan fingerprint density at radius 2 is 2.18 bits per heavy atom. The molecule has 1 amide bonds. The normalized spacial score (nSPS) is 14.5. The number of hydrogen-bond acceptors (Lipinski definition) is 2. The summed E-state index contributed by atoms with van der Waals surface area (Å²) in [4.78, 5) is 18.6. The number of likely N-dealkylation sites (tertiary alicyclic amines) is 1. The van der Waals surface area contributed by atoms with Crippen LogP contribution in [0.2, 0.25) is 0 Å². The van der Waals surface area contributed by atoms with Crippen molar-refractivity contribution < 1.29 is 4.79 Å². The predicted octanol–water partition coefficient (Wildman–Crippen LogP) is 1.67. The van der Waals surface area contributed by atoms with Gasteiger partial charge >= 0.3 is 0 Å². The Labute approximate surface area is 131 Å². The zero-order valence-electron chi connectivity index (χ0n) is 12.9. The van der Waals surface area contributed by atoms with Crippen LogP contribution in [-0.4, -0.2) is 42.9 Å². The lowest BCUT2D eigenvalue weighted by Gasteiger charge is -2.20. The Balaban J connectivity index is 1.94. The van der Waals surface area contributed by atoms with Crippen LogP contribution in [0.3, 0.4) is 0 Å². The third kappa shape index (κ3) is 4.52. The molecule has 1 fully saturated rings. The second kappa shape index (κ2) is 8.08. The van der Waals surface area contributed by atoms with Crippen LogP contribution >= 0.6 is 0 Å². The average Bonchev–Trinajstić information content (AvgIpc) is 3.06. The monoisotopic (exact) mass is 298 g/mol. The minimum atomic E-state index is -0.149. The van der Waals surface area contributed by atoms with Crippen LogP contribution in [0.5, 0.6) is 0 Å². The van der Waals surface area contributed by atoms with Gasteiger partial charge in [0.1, 0.15) is 6.54 Å². The summed E-state index contributed by atoms with van der Waals surface area (Å²) in [5.74, 6) is 3.21. The first-order valence-electron chi connectivity index (χ1n) is 7.62. The Hall–Kier alpha value is -2.48. The molecule has 1 aromatic rings. The van der Waals surface area contributed by atoms with E-state index in [0.29, 0.717) is 5.69 Å². The summed E-state index contributed by atoms with van der Waals surface area (Å²) in [6, 6.07) is 7.23. The summed E-state index contributed by atoms with van der Waals surface area (Å²) >= 11 is 0. The van der Waals surface area contributed by atoms with E-state index in [1.807, 2.05) is 25.1 Å². The quantitative estimate of drug-likeness (QED) is 0.505. The lowest BCUT2D eigenvalue weighted by atomic mass is 10.2. The molecule has 1 saturated heterocycles. The number of carbonyl (C=O) groups is 1. The van der Waals surface area contributed by atoms with Gasteiger partial charge in [-0.1, -0.05) is 12.0 Å². The topological polar surface area (TPSA) is 56.7 Å². The van der Waals surface area contributed by atoms with Crippen LogP contribution in [0.1, 0.15) is 25.3 Å². The SMILES string of the molecule is C#Cc1cccc(NC(=O)CN=C(NCC)N2CCCC2)c1. The number of aliphatic imine (C=N–C) groups is 1. The molecule has 1 aliphatic rings. The fourth-order valence-corrected chi connectivity index (χ4v) is 2.39. The molecule has 0 aliphatic carbocycles. The molecule has 0 radical (unpaired) electrons. The Bertz CT molecular complexity index is 583. The number of terminal acetylenes is 1. The number of anilines is 1. The maximum Gasteiger partial charge on any atom is 0.246 e. The van der Waals surface area contributed by atoms with Crippen LogP contribution < -0.4 is 10.6 Å². The van der Waals surface area contributed by atoms with Gasteiger partial charge in [0.25, 0.3) is 0 Å². The molecule has 1 aliphatic heterocycles. The number of benzene rings is 1. The van der Waals surface area contributed by atoms with Crippen LogP contribution in [0.25, 0.3) is 0 Å². The van der Waals surface area contributed by atoms with Crippen molar-refractivity contribution in [2.45, 2.75) is 19.8 Å². The smallest absolute Gasteiger partial charge is 0.246 e. The molecule has 0 unspecified atom stereocenters. The molecular weight excluding hydrogens is 276 g/mol. The fourth-order valence-electron chi connectivity index (χ4n) is 2.39. The third-order valence-corrected chi connectivity index (χ3v) is 3.43. The van der Waals surface area contributed by atoms with Crippen molar-refractivity contribution in [3.63, 3.8) is 0 Å². The highest BCUT2D eigenvalue weighted by Crippen LogP contribution is 2.10. The number of nitrogens with one attached hydrogen (secondary N) is 2. The van der Waals surface area contributed by atoms with Crippen molar-refractivity contribution in [1.29, 1.82) is 0 Å². The molecule has 0 saturated carbocycles. The number of rotatable bonds is 4. The van der Waals surface area contributed by atoms with Gasteiger partial charge in [0.05, 0.1) is 0 Å². The maximum atomic E-state index is 12.0. The van der Waals surface area contributed by atoms with Crippen LogP contribution in [0.4, 0.5) is 5.69 Å². The van der Waals surface area contributed by atoms with Crippen LogP contribution in [0.15, 0.2) is 29.3 Å². The van der Waals surface area contributed by atoms with E-state index in [4.69, 9.17) is 6.42 Å². The first-order chi connectivity index (χ1) is 10.7. The average molecular weight is 298 g/mol. The molecule has 22 heavy (non-hydrogen) atoms. The van der Waals surface area contributed by atoms with Crippen molar-refractivity contribution in [3.8, 4) is 12.3 Å². The highest BCUT2D eigenvalue weighted by atomic mass is 16.1. The Kier molecular flexibility index (Phi) is 5.84. The second-order valence-electron chi connectivity index (χ2n) is 5.14. The van der Waals surface area contributed by atoms with Gasteiger partial charge in [0.2, 0.25) is 5.91 Å². The van der Waals surface area contributed by atoms with E-state index in [0.717, 1.165) is 31.2 Å². The Morgan fingerprint density at radius 1 is 1.41 bits per heavy atom. The van der Waals surface area contributed by atoms with Crippen molar-refractivity contribution in [2.75, 3.05) is 31.5 Å². The number of hydrogen-bond donors (Lipinski definition) is 2. The summed E-state index contributed by atoms with van der Waals surface area (Å²) in [6.45, 7) is 4.91. The lowest BCUT2D eigenvalue weighted by Crippen LogP contribution is -2.40.